The predicted molar refractivity (Wildman–Crippen MR) is 69.2 cm³/mol. The molecule has 0 bridgehead atoms. The van der Waals surface area contributed by atoms with E-state index in [9.17, 15) is 0 Å². The van der Waals surface area contributed by atoms with Crippen LogP contribution >= 0.6 is 0 Å². The summed E-state index contributed by atoms with van der Waals surface area (Å²) in [5.41, 5.74) is 0.167. The van der Waals surface area contributed by atoms with Crippen LogP contribution < -0.4 is 0 Å². The maximum absolute atomic E-state index is 8.87. The molecule has 0 amide bonds. The monoisotopic (exact) mass is 244 g/mol. The van der Waals surface area contributed by atoms with Gasteiger partial charge in [0.2, 0.25) is 0 Å². The summed E-state index contributed by atoms with van der Waals surface area (Å²) in [6.45, 7) is 6.82. The van der Waals surface area contributed by atoms with Crippen LogP contribution in [0.4, 0.5) is 0 Å². The topological polar surface area (TPSA) is 38.7 Å². The van der Waals surface area contributed by atoms with Crippen LogP contribution in [0.15, 0.2) is 0 Å². The van der Waals surface area contributed by atoms with E-state index in [2.05, 4.69) is 13.8 Å². The van der Waals surface area contributed by atoms with Gasteiger partial charge >= 0.3 is 0 Å². The van der Waals surface area contributed by atoms with Gasteiger partial charge in [-0.15, -0.1) is 0 Å². The third-order valence-corrected chi connectivity index (χ3v) is 3.37. The summed E-state index contributed by atoms with van der Waals surface area (Å²) in [6.07, 6.45) is 7.50. The van der Waals surface area contributed by atoms with Crippen molar-refractivity contribution in [2.24, 2.45) is 0 Å². The first-order valence-electron chi connectivity index (χ1n) is 7.02. The third-order valence-electron chi connectivity index (χ3n) is 3.37. The Kier molecular flexibility index (Phi) is 6.45. The molecule has 1 rings (SSSR count). The molecule has 1 saturated carbocycles. The summed E-state index contributed by atoms with van der Waals surface area (Å²) >= 11 is 0. The van der Waals surface area contributed by atoms with Crippen molar-refractivity contribution in [1.82, 2.24) is 0 Å². The largest absolute Gasteiger partial charge is 0.394 e. The van der Waals surface area contributed by atoms with Gasteiger partial charge in [-0.3, -0.25) is 0 Å². The second-order valence-corrected chi connectivity index (χ2v) is 5.40. The van der Waals surface area contributed by atoms with Crippen LogP contribution in [0, 0.1) is 0 Å². The standard InChI is InChI=1S/C14H28O3/c1-4-5-6-7-14(8-9-14)17-13(3)11-16-12(2)10-15/h12-13,15H,4-11H2,1-3H3. The number of unbranched alkanes of at least 4 members (excludes halogenated alkanes) is 2. The minimum Gasteiger partial charge on any atom is -0.394 e. The van der Waals surface area contributed by atoms with Crippen LogP contribution in [0.25, 0.3) is 0 Å². The Morgan fingerprint density at radius 2 is 1.88 bits per heavy atom. The zero-order valence-corrected chi connectivity index (χ0v) is 11.6. The van der Waals surface area contributed by atoms with Gasteiger partial charge < -0.3 is 14.6 Å². The first-order valence-corrected chi connectivity index (χ1v) is 7.02. The lowest BCUT2D eigenvalue weighted by Gasteiger charge is -2.23. The molecule has 17 heavy (non-hydrogen) atoms. The molecule has 0 heterocycles. The third kappa shape index (κ3) is 5.84. The highest BCUT2D eigenvalue weighted by Crippen LogP contribution is 2.44. The highest BCUT2D eigenvalue weighted by atomic mass is 16.6. The summed E-state index contributed by atoms with van der Waals surface area (Å²) in [5, 5.41) is 8.87. The van der Waals surface area contributed by atoms with Gasteiger partial charge in [-0.2, -0.15) is 0 Å². The Morgan fingerprint density at radius 1 is 1.18 bits per heavy atom. The van der Waals surface area contributed by atoms with Crippen molar-refractivity contribution in [2.45, 2.75) is 77.1 Å². The van der Waals surface area contributed by atoms with E-state index in [1.807, 2.05) is 6.92 Å². The number of hydrogen-bond acceptors (Lipinski definition) is 3. The Bertz CT molecular complexity index is 202. The lowest BCUT2D eigenvalue weighted by atomic mass is 10.1. The molecule has 2 unspecified atom stereocenters. The second kappa shape index (κ2) is 7.34. The van der Waals surface area contributed by atoms with Crippen molar-refractivity contribution >= 4 is 0 Å². The van der Waals surface area contributed by atoms with E-state index >= 15 is 0 Å². The molecular formula is C14H28O3. The molecule has 1 aliphatic rings. The van der Waals surface area contributed by atoms with Gasteiger partial charge in [-0.05, 0) is 33.1 Å². The number of aliphatic hydroxyl groups is 1. The molecule has 3 nitrogen and oxygen atoms in total. The summed E-state index contributed by atoms with van der Waals surface area (Å²) < 4.78 is 11.6. The highest BCUT2D eigenvalue weighted by Gasteiger charge is 2.44. The molecule has 1 N–H and O–H groups in total. The molecule has 1 fully saturated rings. The van der Waals surface area contributed by atoms with Gasteiger partial charge in [-0.25, -0.2) is 0 Å². The summed E-state index contributed by atoms with van der Waals surface area (Å²) in [4.78, 5) is 0. The lowest BCUT2D eigenvalue weighted by Crippen LogP contribution is -2.27. The van der Waals surface area contributed by atoms with E-state index in [4.69, 9.17) is 14.6 Å². The molecule has 0 spiro atoms. The fraction of sp³-hybridized carbons (Fsp3) is 1.00. The van der Waals surface area contributed by atoms with Gasteiger partial charge in [0, 0.05) is 0 Å². The van der Waals surface area contributed by atoms with Crippen LogP contribution in [0.5, 0.6) is 0 Å². The van der Waals surface area contributed by atoms with Crippen molar-refractivity contribution in [3.05, 3.63) is 0 Å². The number of rotatable bonds is 10. The number of ether oxygens (including phenoxy) is 2. The van der Waals surface area contributed by atoms with Gasteiger partial charge in [-0.1, -0.05) is 26.2 Å². The first kappa shape index (κ1) is 14.9. The second-order valence-electron chi connectivity index (χ2n) is 5.40. The van der Waals surface area contributed by atoms with Crippen LogP contribution in [-0.2, 0) is 9.47 Å². The molecule has 0 aromatic carbocycles. The Labute approximate surface area is 105 Å². The van der Waals surface area contributed by atoms with Gasteiger partial charge in [0.15, 0.2) is 0 Å². The van der Waals surface area contributed by atoms with E-state index in [1.54, 1.807) is 0 Å². The van der Waals surface area contributed by atoms with Crippen molar-refractivity contribution in [3.63, 3.8) is 0 Å². The van der Waals surface area contributed by atoms with E-state index in [-0.39, 0.29) is 24.4 Å². The molecule has 3 heteroatoms. The van der Waals surface area contributed by atoms with Crippen LogP contribution in [0.3, 0.4) is 0 Å². The molecule has 0 radical (unpaired) electrons. The van der Waals surface area contributed by atoms with Gasteiger partial charge in [0.25, 0.3) is 0 Å². The Hall–Kier alpha value is -0.120. The van der Waals surface area contributed by atoms with Crippen molar-refractivity contribution in [2.75, 3.05) is 13.2 Å². The van der Waals surface area contributed by atoms with E-state index in [1.165, 1.54) is 38.5 Å². The van der Waals surface area contributed by atoms with Crippen molar-refractivity contribution in [3.8, 4) is 0 Å². The Morgan fingerprint density at radius 3 is 2.41 bits per heavy atom. The van der Waals surface area contributed by atoms with Crippen molar-refractivity contribution in [1.29, 1.82) is 0 Å². The minimum absolute atomic E-state index is 0.0777. The van der Waals surface area contributed by atoms with Gasteiger partial charge in [0.1, 0.15) is 0 Å². The highest BCUT2D eigenvalue weighted by molar-refractivity contribution is 4.96. The smallest absolute Gasteiger partial charge is 0.0788 e. The summed E-state index contributed by atoms with van der Waals surface area (Å²) in [6, 6.07) is 0. The molecule has 0 aliphatic heterocycles. The van der Waals surface area contributed by atoms with E-state index in [0.29, 0.717) is 6.61 Å². The molecule has 1 aliphatic carbocycles. The molecule has 0 aromatic rings. The normalized spacial score (nSPS) is 21.2. The SMILES string of the molecule is CCCCCC1(OC(C)COC(C)CO)CC1. The lowest BCUT2D eigenvalue weighted by molar-refractivity contribution is -0.0850. The quantitative estimate of drug-likeness (QED) is 0.601. The first-order chi connectivity index (χ1) is 8.12. The zero-order chi connectivity index (χ0) is 12.7. The fourth-order valence-electron chi connectivity index (χ4n) is 2.08. The van der Waals surface area contributed by atoms with Crippen LogP contribution in [0.1, 0.15) is 59.3 Å². The van der Waals surface area contributed by atoms with Crippen LogP contribution in [0.2, 0.25) is 0 Å². The number of aliphatic hydroxyl groups excluding tert-OH is 1. The van der Waals surface area contributed by atoms with Crippen molar-refractivity contribution < 1.29 is 14.6 Å². The Balaban J connectivity index is 2.14. The molecule has 0 aromatic heterocycles. The van der Waals surface area contributed by atoms with Crippen LogP contribution in [-0.4, -0.2) is 36.1 Å². The zero-order valence-electron chi connectivity index (χ0n) is 11.6. The van der Waals surface area contributed by atoms with Gasteiger partial charge in [0.05, 0.1) is 31.0 Å². The summed E-state index contributed by atoms with van der Waals surface area (Å²) in [5.74, 6) is 0. The van der Waals surface area contributed by atoms with E-state index in [0.717, 1.165) is 0 Å². The minimum atomic E-state index is -0.0868. The fourth-order valence-corrected chi connectivity index (χ4v) is 2.08. The molecule has 102 valence electrons. The number of hydrogen-bond donors (Lipinski definition) is 1. The maximum atomic E-state index is 8.87. The maximum Gasteiger partial charge on any atom is 0.0788 e. The predicted octanol–water partition coefficient (Wildman–Crippen LogP) is 2.90. The average Bonchev–Trinajstić information content (AvgIpc) is 3.06. The van der Waals surface area contributed by atoms with E-state index < -0.39 is 0 Å². The summed E-state index contributed by atoms with van der Waals surface area (Å²) in [7, 11) is 0. The average molecular weight is 244 g/mol. The molecule has 0 saturated heterocycles. The molecule has 2 atom stereocenters. The molecular weight excluding hydrogens is 216 g/mol.